The van der Waals surface area contributed by atoms with E-state index in [-0.39, 0.29) is 5.41 Å². The minimum absolute atomic E-state index is 0.0292. The molecule has 0 N–H and O–H groups in total. The zero-order valence-electron chi connectivity index (χ0n) is 10.8. The van der Waals surface area contributed by atoms with E-state index in [1.807, 2.05) is 19.1 Å². The largest absolute Gasteiger partial charge is 0.491 e. The van der Waals surface area contributed by atoms with Crippen molar-refractivity contribution in [3.8, 4) is 11.8 Å². The summed E-state index contributed by atoms with van der Waals surface area (Å²) >= 11 is 6.18. The molecule has 0 radical (unpaired) electrons. The van der Waals surface area contributed by atoms with Crippen LogP contribution in [0.1, 0.15) is 45.2 Å². The van der Waals surface area contributed by atoms with Crippen LogP contribution in [0.4, 0.5) is 0 Å². The smallest absolute Gasteiger partial charge is 0.155 e. The van der Waals surface area contributed by atoms with E-state index < -0.39 is 0 Å². The number of hydrogen-bond acceptors (Lipinski definition) is 2. The number of benzene rings is 1. The monoisotopic (exact) mass is 251 g/mol. The van der Waals surface area contributed by atoms with E-state index in [0.29, 0.717) is 22.9 Å². The van der Waals surface area contributed by atoms with Crippen LogP contribution in [0.5, 0.6) is 5.75 Å². The SMILES string of the molecule is CCCOc1c(Cl)cc(C(C)(C)C)cc1C#N. The van der Waals surface area contributed by atoms with E-state index >= 15 is 0 Å². The molecule has 0 unspecified atom stereocenters. The number of ether oxygens (including phenoxy) is 1. The van der Waals surface area contributed by atoms with Gasteiger partial charge in [0.2, 0.25) is 0 Å². The van der Waals surface area contributed by atoms with Gasteiger partial charge in [-0.15, -0.1) is 0 Å². The van der Waals surface area contributed by atoms with Crippen LogP contribution in [0.15, 0.2) is 12.1 Å². The highest BCUT2D eigenvalue weighted by atomic mass is 35.5. The van der Waals surface area contributed by atoms with Crippen molar-refractivity contribution >= 4 is 11.6 Å². The van der Waals surface area contributed by atoms with Crippen LogP contribution >= 0.6 is 11.6 Å². The van der Waals surface area contributed by atoms with E-state index in [1.165, 1.54) is 0 Å². The highest BCUT2D eigenvalue weighted by molar-refractivity contribution is 6.32. The second-order valence-electron chi connectivity index (χ2n) is 5.05. The standard InChI is InChI=1S/C14H18ClNO/c1-5-6-17-13-10(9-16)7-11(8-12(13)15)14(2,3)4/h7-8H,5-6H2,1-4H3. The molecule has 0 aliphatic carbocycles. The summed E-state index contributed by atoms with van der Waals surface area (Å²) in [5.41, 5.74) is 1.53. The average Bonchev–Trinajstić information content (AvgIpc) is 2.25. The minimum atomic E-state index is -0.0292. The lowest BCUT2D eigenvalue weighted by molar-refractivity contribution is 0.316. The quantitative estimate of drug-likeness (QED) is 0.803. The first-order chi connectivity index (χ1) is 7.90. The molecule has 92 valence electrons. The molecule has 17 heavy (non-hydrogen) atoms. The van der Waals surface area contributed by atoms with Gasteiger partial charge in [0.15, 0.2) is 5.75 Å². The van der Waals surface area contributed by atoms with Gasteiger partial charge in [-0.25, -0.2) is 0 Å². The predicted molar refractivity (Wildman–Crippen MR) is 70.7 cm³/mol. The first kappa shape index (κ1) is 13.9. The van der Waals surface area contributed by atoms with Crippen molar-refractivity contribution in [3.05, 3.63) is 28.3 Å². The average molecular weight is 252 g/mol. The second-order valence-corrected chi connectivity index (χ2v) is 5.45. The molecule has 2 nitrogen and oxygen atoms in total. The molecule has 0 saturated heterocycles. The van der Waals surface area contributed by atoms with Crippen LogP contribution in [0.3, 0.4) is 0 Å². The molecule has 0 atom stereocenters. The summed E-state index contributed by atoms with van der Waals surface area (Å²) in [7, 11) is 0. The fourth-order valence-corrected chi connectivity index (χ4v) is 1.73. The maximum absolute atomic E-state index is 9.14. The molecule has 0 aromatic heterocycles. The highest BCUT2D eigenvalue weighted by Gasteiger charge is 2.18. The van der Waals surface area contributed by atoms with Gasteiger partial charge in [0.25, 0.3) is 0 Å². The van der Waals surface area contributed by atoms with Crippen LogP contribution in [-0.4, -0.2) is 6.61 Å². The molecule has 1 aromatic rings. The third-order valence-corrected chi connectivity index (χ3v) is 2.76. The predicted octanol–water partition coefficient (Wildman–Crippen LogP) is 4.30. The summed E-state index contributed by atoms with van der Waals surface area (Å²) in [5.74, 6) is 0.504. The Hall–Kier alpha value is -1.20. The first-order valence-electron chi connectivity index (χ1n) is 5.77. The Morgan fingerprint density at radius 2 is 2.00 bits per heavy atom. The maximum atomic E-state index is 9.14. The van der Waals surface area contributed by atoms with Gasteiger partial charge in [0.1, 0.15) is 6.07 Å². The molecule has 1 rings (SSSR count). The lowest BCUT2D eigenvalue weighted by atomic mass is 9.86. The van der Waals surface area contributed by atoms with Crippen molar-refractivity contribution in [1.29, 1.82) is 5.26 Å². The van der Waals surface area contributed by atoms with E-state index in [9.17, 15) is 0 Å². The molecule has 1 aromatic carbocycles. The maximum Gasteiger partial charge on any atom is 0.155 e. The molecule has 3 heteroatoms. The summed E-state index contributed by atoms with van der Waals surface area (Å²) in [5, 5.41) is 9.66. The van der Waals surface area contributed by atoms with Crippen molar-refractivity contribution in [3.63, 3.8) is 0 Å². The first-order valence-corrected chi connectivity index (χ1v) is 6.15. The zero-order valence-corrected chi connectivity index (χ0v) is 11.6. The molecule has 0 bridgehead atoms. The van der Waals surface area contributed by atoms with Crippen LogP contribution < -0.4 is 4.74 Å². The van der Waals surface area contributed by atoms with Gasteiger partial charge >= 0.3 is 0 Å². The number of nitrogens with zero attached hydrogens (tertiary/aromatic N) is 1. The topological polar surface area (TPSA) is 33.0 Å². The van der Waals surface area contributed by atoms with Crippen LogP contribution in [0.25, 0.3) is 0 Å². The van der Waals surface area contributed by atoms with Crippen LogP contribution in [-0.2, 0) is 5.41 Å². The molecule has 0 fully saturated rings. The van der Waals surface area contributed by atoms with E-state index in [4.69, 9.17) is 21.6 Å². The van der Waals surface area contributed by atoms with Gasteiger partial charge in [0, 0.05) is 0 Å². The lowest BCUT2D eigenvalue weighted by Crippen LogP contribution is -2.12. The lowest BCUT2D eigenvalue weighted by Gasteiger charge is -2.21. The van der Waals surface area contributed by atoms with Gasteiger partial charge < -0.3 is 4.74 Å². The normalized spacial score (nSPS) is 11.1. The fraction of sp³-hybridized carbons (Fsp3) is 0.500. The molecule has 0 saturated carbocycles. The number of halogens is 1. The van der Waals surface area contributed by atoms with Gasteiger partial charge in [-0.2, -0.15) is 5.26 Å². The van der Waals surface area contributed by atoms with Crippen LogP contribution in [0, 0.1) is 11.3 Å². The molecule has 0 heterocycles. The molecular weight excluding hydrogens is 234 g/mol. The van der Waals surface area contributed by atoms with Gasteiger partial charge in [-0.05, 0) is 29.5 Å². The Balaban J connectivity index is 3.23. The third kappa shape index (κ3) is 3.38. The third-order valence-electron chi connectivity index (χ3n) is 2.48. The van der Waals surface area contributed by atoms with Crippen molar-refractivity contribution in [1.82, 2.24) is 0 Å². The Bertz CT molecular complexity index is 441. The van der Waals surface area contributed by atoms with Gasteiger partial charge in [-0.3, -0.25) is 0 Å². The van der Waals surface area contributed by atoms with Crippen molar-refractivity contribution < 1.29 is 4.74 Å². The molecule has 0 amide bonds. The van der Waals surface area contributed by atoms with E-state index in [1.54, 1.807) is 0 Å². The zero-order chi connectivity index (χ0) is 13.1. The fourth-order valence-electron chi connectivity index (χ4n) is 1.46. The summed E-state index contributed by atoms with van der Waals surface area (Å²) in [4.78, 5) is 0. The molecule has 0 aliphatic rings. The summed E-state index contributed by atoms with van der Waals surface area (Å²) in [6.45, 7) is 8.86. The van der Waals surface area contributed by atoms with Gasteiger partial charge in [-0.1, -0.05) is 39.3 Å². The summed E-state index contributed by atoms with van der Waals surface area (Å²) in [6.07, 6.45) is 0.891. The number of nitriles is 1. The molecular formula is C14H18ClNO. The minimum Gasteiger partial charge on any atom is -0.491 e. The Morgan fingerprint density at radius 1 is 1.35 bits per heavy atom. The number of hydrogen-bond donors (Lipinski definition) is 0. The van der Waals surface area contributed by atoms with E-state index in [2.05, 4.69) is 26.8 Å². The van der Waals surface area contributed by atoms with Gasteiger partial charge in [0.05, 0.1) is 17.2 Å². The Labute approximate surface area is 108 Å². The van der Waals surface area contributed by atoms with Crippen molar-refractivity contribution in [2.24, 2.45) is 0 Å². The summed E-state index contributed by atoms with van der Waals surface area (Å²) < 4.78 is 5.52. The molecule has 0 aliphatic heterocycles. The van der Waals surface area contributed by atoms with Crippen molar-refractivity contribution in [2.45, 2.75) is 39.5 Å². The van der Waals surface area contributed by atoms with Crippen LogP contribution in [0.2, 0.25) is 5.02 Å². The summed E-state index contributed by atoms with van der Waals surface area (Å²) in [6, 6.07) is 5.89. The number of rotatable bonds is 3. The van der Waals surface area contributed by atoms with E-state index in [0.717, 1.165) is 12.0 Å². The molecule has 0 spiro atoms. The second kappa shape index (κ2) is 5.42. The van der Waals surface area contributed by atoms with Crippen molar-refractivity contribution in [2.75, 3.05) is 6.61 Å². The Kier molecular flexibility index (Phi) is 4.42. The Morgan fingerprint density at radius 3 is 2.47 bits per heavy atom. The highest BCUT2D eigenvalue weighted by Crippen LogP contribution is 2.34.